The van der Waals surface area contributed by atoms with Crippen molar-refractivity contribution in [1.82, 2.24) is 15.0 Å². The van der Waals surface area contributed by atoms with Gasteiger partial charge in [0, 0.05) is 14.1 Å². The Bertz CT molecular complexity index is 624. The molecular formula is C11H12ClFN6O. The molecular weight excluding hydrogens is 287 g/mol. The molecule has 0 fully saturated rings. The predicted octanol–water partition coefficient (Wildman–Crippen LogP) is 1.81. The predicted molar refractivity (Wildman–Crippen MR) is 73.4 cm³/mol. The lowest BCUT2D eigenvalue weighted by molar-refractivity contribution is 0.410. The Morgan fingerprint density at radius 1 is 1.30 bits per heavy atom. The third-order valence-corrected chi connectivity index (χ3v) is 2.54. The third-order valence-electron chi connectivity index (χ3n) is 2.25. The van der Waals surface area contributed by atoms with E-state index in [1.807, 2.05) is 0 Å². The molecule has 0 aliphatic heterocycles. The number of ether oxygens (including phenoxy) is 1. The molecule has 2 aromatic rings. The number of nitrogens with zero attached hydrogens (tertiary/aromatic N) is 4. The smallest absolute Gasteiger partial charge is 0.328 e. The summed E-state index contributed by atoms with van der Waals surface area (Å²) >= 11 is 5.67. The molecule has 106 valence electrons. The molecule has 0 atom stereocenters. The van der Waals surface area contributed by atoms with Gasteiger partial charge in [-0.1, -0.05) is 17.7 Å². The van der Waals surface area contributed by atoms with Crippen LogP contribution in [0.4, 0.5) is 16.3 Å². The van der Waals surface area contributed by atoms with Crippen LogP contribution in [0.2, 0.25) is 5.02 Å². The van der Waals surface area contributed by atoms with Gasteiger partial charge in [0.15, 0.2) is 11.6 Å². The molecule has 2 rings (SSSR count). The van der Waals surface area contributed by atoms with E-state index in [2.05, 4.69) is 20.4 Å². The molecule has 0 amide bonds. The molecule has 0 aliphatic carbocycles. The van der Waals surface area contributed by atoms with E-state index >= 15 is 0 Å². The van der Waals surface area contributed by atoms with Gasteiger partial charge >= 0.3 is 6.01 Å². The van der Waals surface area contributed by atoms with Crippen molar-refractivity contribution in [3.63, 3.8) is 0 Å². The summed E-state index contributed by atoms with van der Waals surface area (Å²) in [4.78, 5) is 13.5. The number of halogens is 2. The molecule has 1 aromatic carbocycles. The summed E-state index contributed by atoms with van der Waals surface area (Å²) in [5.41, 5.74) is 2.29. The van der Waals surface area contributed by atoms with Crippen LogP contribution in [-0.2, 0) is 0 Å². The molecule has 0 radical (unpaired) electrons. The summed E-state index contributed by atoms with van der Waals surface area (Å²) in [6.45, 7) is 0. The summed E-state index contributed by atoms with van der Waals surface area (Å²) in [6, 6.07) is 4.28. The highest BCUT2D eigenvalue weighted by molar-refractivity contribution is 6.30. The fraction of sp³-hybridized carbons (Fsp3) is 0.182. The van der Waals surface area contributed by atoms with Gasteiger partial charge in [-0.25, -0.2) is 10.2 Å². The van der Waals surface area contributed by atoms with E-state index in [1.54, 1.807) is 25.1 Å². The highest BCUT2D eigenvalue weighted by Gasteiger charge is 2.13. The maximum absolute atomic E-state index is 13.8. The number of hydrogen-bond acceptors (Lipinski definition) is 7. The van der Waals surface area contributed by atoms with Gasteiger partial charge < -0.3 is 9.64 Å². The zero-order valence-electron chi connectivity index (χ0n) is 10.8. The first-order chi connectivity index (χ1) is 9.51. The summed E-state index contributed by atoms with van der Waals surface area (Å²) in [5, 5.41) is -0.0541. The van der Waals surface area contributed by atoms with E-state index < -0.39 is 5.82 Å². The largest absolute Gasteiger partial charge is 0.421 e. The van der Waals surface area contributed by atoms with Crippen molar-refractivity contribution in [2.75, 3.05) is 24.4 Å². The van der Waals surface area contributed by atoms with Gasteiger partial charge in [-0.15, -0.1) is 0 Å². The summed E-state index contributed by atoms with van der Waals surface area (Å²) in [7, 11) is 3.47. The molecule has 0 spiro atoms. The molecule has 0 bridgehead atoms. The Balaban J connectivity index is 2.37. The van der Waals surface area contributed by atoms with Crippen LogP contribution in [0.25, 0.3) is 0 Å². The van der Waals surface area contributed by atoms with Gasteiger partial charge in [0.25, 0.3) is 0 Å². The second kappa shape index (κ2) is 5.85. The molecule has 9 heteroatoms. The minimum Gasteiger partial charge on any atom is -0.421 e. The second-order valence-corrected chi connectivity index (χ2v) is 4.34. The molecule has 0 saturated heterocycles. The number of rotatable bonds is 4. The van der Waals surface area contributed by atoms with E-state index in [-0.39, 0.29) is 22.7 Å². The van der Waals surface area contributed by atoms with E-state index in [9.17, 15) is 4.39 Å². The molecule has 0 unspecified atom stereocenters. The first-order valence-electron chi connectivity index (χ1n) is 5.53. The quantitative estimate of drug-likeness (QED) is 0.657. The first-order valence-corrected chi connectivity index (χ1v) is 5.91. The van der Waals surface area contributed by atoms with E-state index in [0.29, 0.717) is 5.95 Å². The normalized spacial score (nSPS) is 10.2. The van der Waals surface area contributed by atoms with Crippen LogP contribution in [0.15, 0.2) is 18.2 Å². The third kappa shape index (κ3) is 3.03. The topological polar surface area (TPSA) is 89.2 Å². The Kier molecular flexibility index (Phi) is 4.16. The molecule has 1 aromatic heterocycles. The van der Waals surface area contributed by atoms with Crippen LogP contribution in [-0.4, -0.2) is 29.0 Å². The number of anilines is 2. The van der Waals surface area contributed by atoms with Crippen molar-refractivity contribution >= 4 is 23.5 Å². The van der Waals surface area contributed by atoms with Crippen LogP contribution in [0, 0.1) is 5.82 Å². The molecule has 3 N–H and O–H groups in total. The number of hydrogen-bond donors (Lipinski definition) is 2. The van der Waals surface area contributed by atoms with Crippen LogP contribution >= 0.6 is 11.6 Å². The van der Waals surface area contributed by atoms with Gasteiger partial charge in [0.2, 0.25) is 11.9 Å². The zero-order chi connectivity index (χ0) is 14.7. The molecule has 1 heterocycles. The van der Waals surface area contributed by atoms with Gasteiger partial charge in [0.05, 0.1) is 5.02 Å². The van der Waals surface area contributed by atoms with Crippen LogP contribution in [0.3, 0.4) is 0 Å². The molecule has 20 heavy (non-hydrogen) atoms. The molecule has 7 nitrogen and oxygen atoms in total. The maximum Gasteiger partial charge on any atom is 0.328 e. The number of benzene rings is 1. The van der Waals surface area contributed by atoms with Gasteiger partial charge in [0.1, 0.15) is 0 Å². The lowest BCUT2D eigenvalue weighted by Gasteiger charge is -2.12. The SMILES string of the molecule is CN(C)c1nc(NN)nc(Oc2cccc(Cl)c2F)n1. The summed E-state index contributed by atoms with van der Waals surface area (Å²) in [5.74, 6) is 4.89. The monoisotopic (exact) mass is 298 g/mol. The fourth-order valence-corrected chi connectivity index (χ4v) is 1.48. The lowest BCUT2D eigenvalue weighted by Crippen LogP contribution is -2.17. The Labute approximate surface area is 119 Å². The summed E-state index contributed by atoms with van der Waals surface area (Å²) < 4.78 is 19.0. The Morgan fingerprint density at radius 2 is 2.05 bits per heavy atom. The van der Waals surface area contributed by atoms with Crippen molar-refractivity contribution in [3.8, 4) is 11.8 Å². The number of hydrazine groups is 1. The average molecular weight is 299 g/mol. The van der Waals surface area contributed by atoms with Gasteiger partial charge in [-0.05, 0) is 12.1 Å². The van der Waals surface area contributed by atoms with Crippen molar-refractivity contribution < 1.29 is 9.13 Å². The lowest BCUT2D eigenvalue weighted by atomic mass is 10.3. The van der Waals surface area contributed by atoms with Crippen LogP contribution in [0.5, 0.6) is 11.8 Å². The Hall–Kier alpha value is -2.19. The number of nitrogens with two attached hydrogens (primary N) is 1. The van der Waals surface area contributed by atoms with Gasteiger partial charge in [-0.2, -0.15) is 15.0 Å². The van der Waals surface area contributed by atoms with Crippen molar-refractivity contribution in [1.29, 1.82) is 0 Å². The zero-order valence-corrected chi connectivity index (χ0v) is 11.5. The molecule has 0 saturated carbocycles. The van der Waals surface area contributed by atoms with Crippen molar-refractivity contribution in [2.45, 2.75) is 0 Å². The second-order valence-electron chi connectivity index (χ2n) is 3.93. The number of nitrogen functional groups attached to an aromatic ring is 1. The van der Waals surface area contributed by atoms with E-state index in [4.69, 9.17) is 22.2 Å². The fourth-order valence-electron chi connectivity index (χ4n) is 1.32. The van der Waals surface area contributed by atoms with Crippen LogP contribution < -0.4 is 20.9 Å². The Morgan fingerprint density at radius 3 is 2.70 bits per heavy atom. The highest BCUT2D eigenvalue weighted by Crippen LogP contribution is 2.27. The van der Waals surface area contributed by atoms with Crippen LogP contribution in [0.1, 0.15) is 0 Å². The van der Waals surface area contributed by atoms with Gasteiger partial charge in [-0.3, -0.25) is 5.43 Å². The van der Waals surface area contributed by atoms with E-state index in [1.165, 1.54) is 12.1 Å². The average Bonchev–Trinajstić information content (AvgIpc) is 2.43. The van der Waals surface area contributed by atoms with Crippen molar-refractivity contribution in [2.24, 2.45) is 5.84 Å². The maximum atomic E-state index is 13.8. The summed E-state index contributed by atoms with van der Waals surface area (Å²) in [6.07, 6.45) is 0. The number of nitrogens with one attached hydrogen (secondary N) is 1. The minimum absolute atomic E-state index is 0.0541. The minimum atomic E-state index is -0.691. The number of aromatic nitrogens is 3. The standard InChI is InChI=1S/C11H12ClFN6O/c1-19(2)10-15-9(18-14)16-11(17-10)20-7-5-3-4-6(12)8(7)13/h3-5H,14H2,1-2H3,(H,15,16,17,18). The van der Waals surface area contributed by atoms with Crippen molar-refractivity contribution in [3.05, 3.63) is 29.0 Å². The van der Waals surface area contributed by atoms with E-state index in [0.717, 1.165) is 0 Å². The molecule has 0 aliphatic rings. The first kappa shape index (κ1) is 14.2. The highest BCUT2D eigenvalue weighted by atomic mass is 35.5.